The number of aliphatic hydroxyl groups is 2. The van der Waals surface area contributed by atoms with Crippen molar-refractivity contribution in [3.8, 4) is 0 Å². The molecule has 3 aliphatic carbocycles. The van der Waals surface area contributed by atoms with Gasteiger partial charge in [0.05, 0.1) is 29.8 Å². The van der Waals surface area contributed by atoms with Gasteiger partial charge in [0.25, 0.3) is 5.91 Å². The number of hydrogen-bond acceptors (Lipinski definition) is 9. The second-order valence-corrected chi connectivity index (χ2v) is 13.8. The maximum Gasteiger partial charge on any atom is 0.330 e. The third-order valence-corrected chi connectivity index (χ3v) is 9.48. The number of amides is 3. The average Bonchev–Trinajstić information content (AvgIpc) is 3.42. The summed E-state index contributed by atoms with van der Waals surface area (Å²) in [6.45, 7) is 9.20. The molecule has 13 nitrogen and oxygen atoms in total. The van der Waals surface area contributed by atoms with Crippen molar-refractivity contribution in [2.45, 2.75) is 95.0 Å². The van der Waals surface area contributed by atoms with E-state index in [0.717, 1.165) is 24.0 Å². The summed E-state index contributed by atoms with van der Waals surface area (Å²) in [5.41, 5.74) is 0.163. The molecule has 46 heavy (non-hydrogen) atoms. The zero-order valence-corrected chi connectivity index (χ0v) is 26.4. The van der Waals surface area contributed by atoms with Crippen LogP contribution in [0, 0.1) is 11.3 Å². The molecule has 0 spiro atoms. The first-order valence-electron chi connectivity index (χ1n) is 15.7. The van der Waals surface area contributed by atoms with Crippen molar-refractivity contribution in [1.29, 1.82) is 0 Å². The number of carbonyl (C=O) groups is 4. The fourth-order valence-electron chi connectivity index (χ4n) is 6.82. The predicted molar refractivity (Wildman–Crippen MR) is 168 cm³/mol. The minimum atomic E-state index is -1.53. The van der Waals surface area contributed by atoms with Crippen LogP contribution in [0.25, 0.3) is 0 Å². The summed E-state index contributed by atoms with van der Waals surface area (Å²) >= 11 is 0. The maximum absolute atomic E-state index is 13.8. The highest BCUT2D eigenvalue weighted by Gasteiger charge is 2.61. The Hall–Kier alpha value is -3.91. The summed E-state index contributed by atoms with van der Waals surface area (Å²) in [7, 11) is 0. The fourth-order valence-corrected chi connectivity index (χ4v) is 6.82. The van der Waals surface area contributed by atoms with Gasteiger partial charge in [0.15, 0.2) is 6.35 Å². The van der Waals surface area contributed by atoms with Crippen molar-refractivity contribution in [2.24, 2.45) is 11.3 Å². The highest BCUT2D eigenvalue weighted by molar-refractivity contribution is 5.95. The Kier molecular flexibility index (Phi) is 9.50. The van der Waals surface area contributed by atoms with Crippen molar-refractivity contribution in [1.82, 2.24) is 31.2 Å². The first-order chi connectivity index (χ1) is 21.7. The van der Waals surface area contributed by atoms with E-state index in [9.17, 15) is 34.5 Å². The van der Waals surface area contributed by atoms with E-state index in [2.05, 4.69) is 38.9 Å². The number of likely N-dealkylation sites (tertiary alicyclic amines) is 1. The Bertz CT molecular complexity index is 1440. The molecule has 8 atom stereocenters. The molecule has 1 saturated carbocycles. The van der Waals surface area contributed by atoms with Crippen LogP contribution in [0.2, 0.25) is 0 Å². The lowest BCUT2D eigenvalue weighted by Gasteiger charge is -2.37. The number of carboxylic acid groups (broad SMARTS) is 1. The highest BCUT2D eigenvalue weighted by atomic mass is 16.4. The third kappa shape index (κ3) is 6.77. The summed E-state index contributed by atoms with van der Waals surface area (Å²) in [6, 6.07) is 0.107. The minimum Gasteiger partial charge on any atom is -0.479 e. The number of aromatic nitrogens is 1. The first-order valence-corrected chi connectivity index (χ1v) is 15.7. The van der Waals surface area contributed by atoms with Gasteiger partial charge in [-0.15, -0.1) is 6.58 Å². The number of aliphatic carboxylic acids is 1. The Morgan fingerprint density at radius 3 is 2.61 bits per heavy atom. The number of nitrogens with zero attached hydrogens (tertiary/aromatic N) is 2. The van der Waals surface area contributed by atoms with E-state index in [4.69, 9.17) is 0 Å². The molecule has 2 fully saturated rings. The number of nitrogens with one attached hydrogen (secondary N) is 4. The molecule has 1 aliphatic heterocycles. The number of hydrogen-bond donors (Lipinski definition) is 7. The number of rotatable bonds is 11. The zero-order chi connectivity index (χ0) is 33.4. The van der Waals surface area contributed by atoms with Crippen LogP contribution >= 0.6 is 0 Å². The molecule has 248 valence electrons. The topological polar surface area (TPSA) is 193 Å². The van der Waals surface area contributed by atoms with Gasteiger partial charge in [-0.05, 0) is 54.4 Å². The molecule has 2 heterocycles. The van der Waals surface area contributed by atoms with E-state index in [-0.39, 0.29) is 19.4 Å². The molecule has 0 bridgehead atoms. The lowest BCUT2D eigenvalue weighted by atomic mass is 9.85. The van der Waals surface area contributed by atoms with Crippen LogP contribution in [0.3, 0.4) is 0 Å². The van der Waals surface area contributed by atoms with E-state index in [1.165, 1.54) is 17.2 Å². The second-order valence-electron chi connectivity index (χ2n) is 13.8. The molecule has 4 aliphatic rings. The van der Waals surface area contributed by atoms with Crippen LogP contribution in [-0.2, 0) is 14.4 Å². The largest absolute Gasteiger partial charge is 0.479 e. The van der Waals surface area contributed by atoms with Crippen LogP contribution in [-0.4, -0.2) is 97.6 Å². The molecule has 13 heteroatoms. The summed E-state index contributed by atoms with van der Waals surface area (Å²) < 4.78 is 0. The van der Waals surface area contributed by atoms with Gasteiger partial charge in [0.2, 0.25) is 11.8 Å². The summed E-state index contributed by atoms with van der Waals surface area (Å²) in [5, 5.41) is 43.7. The van der Waals surface area contributed by atoms with E-state index in [0.29, 0.717) is 12.0 Å². The van der Waals surface area contributed by atoms with Gasteiger partial charge < -0.3 is 31.3 Å². The lowest BCUT2D eigenvalue weighted by Crippen LogP contribution is -2.63. The molecule has 3 amide bonds. The summed E-state index contributed by atoms with van der Waals surface area (Å²) in [5.74, 6) is -3.08. The maximum atomic E-state index is 13.8. The van der Waals surface area contributed by atoms with Gasteiger partial charge >= 0.3 is 5.97 Å². The monoisotopic (exact) mass is 636 g/mol. The van der Waals surface area contributed by atoms with Gasteiger partial charge in [0.1, 0.15) is 5.54 Å². The number of carboxylic acids is 1. The quantitative estimate of drug-likeness (QED) is 0.133. The van der Waals surface area contributed by atoms with Crippen LogP contribution in [0.15, 0.2) is 60.5 Å². The summed E-state index contributed by atoms with van der Waals surface area (Å²) in [6.07, 6.45) is 8.50. The third-order valence-electron chi connectivity index (χ3n) is 9.48. The highest BCUT2D eigenvalue weighted by Crippen LogP contribution is 2.45. The predicted octanol–water partition coefficient (Wildman–Crippen LogP) is 0.576. The van der Waals surface area contributed by atoms with E-state index in [1.807, 2.05) is 26.8 Å². The average molecular weight is 637 g/mol. The Labute approximate surface area is 268 Å². The van der Waals surface area contributed by atoms with E-state index < -0.39 is 77.2 Å². The Morgan fingerprint density at radius 2 is 1.98 bits per heavy atom. The van der Waals surface area contributed by atoms with Gasteiger partial charge in [-0.1, -0.05) is 39.0 Å². The van der Waals surface area contributed by atoms with Crippen molar-refractivity contribution in [2.75, 3.05) is 6.54 Å². The van der Waals surface area contributed by atoms with Gasteiger partial charge in [0, 0.05) is 37.3 Å². The SMILES string of the molecule is C=CC1CC1(NC(=O)[C@@H]1C[C@@H](NC(=O)c2cccnc2)CN1C(O)NC(C(=O)NC1C2=C(C=CCC2)CC1O)C(C)(C)C)C(=O)O. The smallest absolute Gasteiger partial charge is 0.330 e. The first kappa shape index (κ1) is 33.5. The molecule has 6 unspecified atom stereocenters. The standard InChI is InChI=1S/C33H44N6O7/c1-5-20-15-33(20,30(44)45)38-28(42)23-14-21(35-27(41)19-10-8-12-34-16-19)17-39(23)31(46)37-26(32(2,3)4)29(43)36-25-22-11-7-6-9-18(22)13-24(25)40/h5-6,8-10,12,16,20-21,23-26,31,37,40,46H,1,7,11,13-15,17H2,2-4H3,(H,35,41)(H,36,43)(H,38,42)(H,44,45)/t20?,21-,23+,24?,25?,26?,31?,33?/m1/s1. The van der Waals surface area contributed by atoms with Crippen LogP contribution in [0.5, 0.6) is 0 Å². The molecule has 1 aromatic rings. The van der Waals surface area contributed by atoms with Gasteiger partial charge in [-0.2, -0.15) is 0 Å². The second kappa shape index (κ2) is 13.1. The molecular formula is C33H44N6O7. The number of allylic oxidation sites excluding steroid dienone is 2. The summed E-state index contributed by atoms with van der Waals surface area (Å²) in [4.78, 5) is 57.9. The number of aliphatic hydroxyl groups excluding tert-OH is 2. The van der Waals surface area contributed by atoms with Crippen LogP contribution in [0.4, 0.5) is 0 Å². The minimum absolute atomic E-state index is 0.0333. The molecule has 1 saturated heterocycles. The molecule has 1 aromatic heterocycles. The van der Waals surface area contributed by atoms with E-state index >= 15 is 0 Å². The molecule has 7 N–H and O–H groups in total. The zero-order valence-electron chi connectivity index (χ0n) is 26.4. The van der Waals surface area contributed by atoms with Crippen LogP contribution in [0.1, 0.15) is 63.2 Å². The number of pyridine rings is 1. The lowest BCUT2D eigenvalue weighted by molar-refractivity contribution is -0.146. The van der Waals surface area contributed by atoms with Crippen molar-refractivity contribution in [3.63, 3.8) is 0 Å². The normalized spacial score (nSPS) is 30.2. The molecule has 0 radical (unpaired) electrons. The number of carbonyl (C=O) groups excluding carboxylic acids is 3. The molecule has 0 aromatic carbocycles. The van der Waals surface area contributed by atoms with Crippen molar-refractivity contribution in [3.05, 3.63) is 66.0 Å². The Morgan fingerprint density at radius 1 is 1.22 bits per heavy atom. The van der Waals surface area contributed by atoms with Gasteiger partial charge in [-0.3, -0.25) is 29.6 Å². The molecule has 5 rings (SSSR count). The van der Waals surface area contributed by atoms with Crippen LogP contribution < -0.4 is 21.3 Å². The fraction of sp³-hybridized carbons (Fsp3) is 0.545. The van der Waals surface area contributed by atoms with Crippen molar-refractivity contribution < 1.29 is 34.5 Å². The van der Waals surface area contributed by atoms with Crippen molar-refractivity contribution >= 4 is 23.7 Å². The molecular weight excluding hydrogens is 592 g/mol. The van der Waals surface area contributed by atoms with E-state index in [1.54, 1.807) is 18.3 Å². The Balaban J connectivity index is 1.34. The van der Waals surface area contributed by atoms with Gasteiger partial charge in [-0.25, -0.2) is 4.79 Å².